The van der Waals surface area contributed by atoms with Crippen molar-refractivity contribution >= 4 is 21.6 Å². The summed E-state index contributed by atoms with van der Waals surface area (Å²) in [5.41, 5.74) is 2.23. The van der Waals surface area contributed by atoms with Crippen LogP contribution in [0.1, 0.15) is 21.5 Å². The van der Waals surface area contributed by atoms with Gasteiger partial charge in [0.2, 0.25) is 10.0 Å². The Balaban J connectivity index is 2.37. The van der Waals surface area contributed by atoms with Gasteiger partial charge in [-0.1, -0.05) is 24.3 Å². The van der Waals surface area contributed by atoms with Crippen molar-refractivity contribution in [3.63, 3.8) is 0 Å². The highest BCUT2D eigenvalue weighted by Crippen LogP contribution is 2.23. The predicted octanol–water partition coefficient (Wildman–Crippen LogP) is 2.20. The highest BCUT2D eigenvalue weighted by molar-refractivity contribution is 7.89. The summed E-state index contributed by atoms with van der Waals surface area (Å²) >= 11 is 0. The van der Waals surface area contributed by atoms with Gasteiger partial charge in [-0.25, -0.2) is 13.6 Å². The highest BCUT2D eigenvalue weighted by atomic mass is 32.2. The molecule has 5 nitrogen and oxygen atoms in total. The number of primary sulfonamides is 1. The third-order valence-corrected chi connectivity index (χ3v) is 4.28. The van der Waals surface area contributed by atoms with Crippen molar-refractivity contribution in [3.8, 4) is 0 Å². The van der Waals surface area contributed by atoms with Gasteiger partial charge in [-0.15, -0.1) is 0 Å². The van der Waals surface area contributed by atoms with Crippen LogP contribution in [0.15, 0.2) is 47.4 Å². The number of benzene rings is 2. The fourth-order valence-electron chi connectivity index (χ4n) is 2.08. The summed E-state index contributed by atoms with van der Waals surface area (Å²) in [6.45, 7) is 3.44. The second kappa shape index (κ2) is 5.67. The fraction of sp³-hybridized carbons (Fsp3) is 0.133. The molecule has 0 aliphatic rings. The molecule has 1 amide bonds. The van der Waals surface area contributed by atoms with Crippen molar-refractivity contribution < 1.29 is 13.2 Å². The third-order valence-electron chi connectivity index (χ3n) is 3.23. The minimum atomic E-state index is -3.82. The average molecular weight is 304 g/mol. The van der Waals surface area contributed by atoms with Crippen LogP contribution in [0.2, 0.25) is 0 Å². The van der Waals surface area contributed by atoms with Gasteiger partial charge in [0.05, 0.1) is 4.90 Å². The zero-order valence-electron chi connectivity index (χ0n) is 11.8. The van der Waals surface area contributed by atoms with E-state index in [0.717, 1.165) is 5.56 Å². The van der Waals surface area contributed by atoms with E-state index in [2.05, 4.69) is 5.32 Å². The lowest BCUT2D eigenvalue weighted by molar-refractivity contribution is 0.102. The standard InChI is InChI=1S/C15H16N2O3S/c1-10-6-3-4-7-12(10)15(18)17-13-8-5-9-14(11(13)2)21(16,19)20/h3-9H,1-2H3,(H,17,18)(H2,16,19,20). The van der Waals surface area contributed by atoms with Gasteiger partial charge in [-0.05, 0) is 43.2 Å². The van der Waals surface area contributed by atoms with Crippen molar-refractivity contribution in [1.82, 2.24) is 0 Å². The molecule has 0 spiro atoms. The molecule has 2 rings (SSSR count). The molecular weight excluding hydrogens is 288 g/mol. The van der Waals surface area contributed by atoms with Gasteiger partial charge in [0.1, 0.15) is 0 Å². The van der Waals surface area contributed by atoms with E-state index in [1.165, 1.54) is 6.07 Å². The second-order valence-corrected chi connectivity index (χ2v) is 6.27. The first-order chi connectivity index (χ1) is 9.80. The van der Waals surface area contributed by atoms with Crippen molar-refractivity contribution in [2.45, 2.75) is 18.7 Å². The average Bonchev–Trinajstić information content (AvgIpc) is 2.40. The summed E-state index contributed by atoms with van der Waals surface area (Å²) in [7, 11) is -3.82. The SMILES string of the molecule is Cc1ccccc1C(=O)Nc1cccc(S(N)(=O)=O)c1C. The number of anilines is 1. The number of carbonyl (C=O) groups is 1. The first-order valence-electron chi connectivity index (χ1n) is 6.30. The molecule has 110 valence electrons. The molecule has 21 heavy (non-hydrogen) atoms. The fourth-order valence-corrected chi connectivity index (χ4v) is 2.88. The second-order valence-electron chi connectivity index (χ2n) is 4.74. The first kappa shape index (κ1) is 15.2. The lowest BCUT2D eigenvalue weighted by Crippen LogP contribution is -2.17. The van der Waals surface area contributed by atoms with E-state index in [1.54, 1.807) is 31.2 Å². The minimum Gasteiger partial charge on any atom is -0.322 e. The van der Waals surface area contributed by atoms with Crippen molar-refractivity contribution in [1.29, 1.82) is 0 Å². The molecule has 0 aliphatic carbocycles. The molecule has 0 aliphatic heterocycles. The molecule has 0 bridgehead atoms. The number of hydrogen-bond donors (Lipinski definition) is 2. The smallest absolute Gasteiger partial charge is 0.255 e. The predicted molar refractivity (Wildman–Crippen MR) is 81.7 cm³/mol. The van der Waals surface area contributed by atoms with Crippen LogP contribution in [0.5, 0.6) is 0 Å². The van der Waals surface area contributed by atoms with E-state index in [-0.39, 0.29) is 10.8 Å². The Bertz CT molecular complexity index is 798. The summed E-state index contributed by atoms with van der Waals surface area (Å²) in [6.07, 6.45) is 0. The Morgan fingerprint density at radius 3 is 2.33 bits per heavy atom. The topological polar surface area (TPSA) is 89.3 Å². The molecule has 0 radical (unpaired) electrons. The van der Waals surface area contributed by atoms with Crippen LogP contribution in [-0.4, -0.2) is 14.3 Å². The number of nitrogens with one attached hydrogen (secondary N) is 1. The molecular formula is C15H16N2O3S. The number of carbonyl (C=O) groups excluding carboxylic acids is 1. The van der Waals surface area contributed by atoms with Crippen molar-refractivity contribution in [2.24, 2.45) is 5.14 Å². The molecule has 0 saturated carbocycles. The maximum atomic E-state index is 12.3. The van der Waals surface area contributed by atoms with Gasteiger partial charge in [0.15, 0.2) is 0 Å². The Morgan fingerprint density at radius 2 is 1.71 bits per heavy atom. The van der Waals surface area contributed by atoms with E-state index < -0.39 is 10.0 Å². The number of sulfonamides is 1. The van der Waals surface area contributed by atoms with Gasteiger partial charge in [-0.3, -0.25) is 4.79 Å². The first-order valence-corrected chi connectivity index (χ1v) is 7.84. The summed E-state index contributed by atoms with van der Waals surface area (Å²) in [5.74, 6) is -0.289. The third kappa shape index (κ3) is 3.29. The summed E-state index contributed by atoms with van der Waals surface area (Å²) in [6, 6.07) is 11.8. The maximum absolute atomic E-state index is 12.3. The van der Waals surface area contributed by atoms with Gasteiger partial charge in [0, 0.05) is 11.3 Å². The zero-order chi connectivity index (χ0) is 15.6. The summed E-state index contributed by atoms with van der Waals surface area (Å²) in [5, 5.41) is 7.87. The maximum Gasteiger partial charge on any atom is 0.255 e. The van der Waals surface area contributed by atoms with E-state index in [0.29, 0.717) is 16.8 Å². The number of rotatable bonds is 3. The number of amides is 1. The lowest BCUT2D eigenvalue weighted by Gasteiger charge is -2.12. The number of nitrogens with two attached hydrogens (primary N) is 1. The minimum absolute atomic E-state index is 0.00471. The van der Waals surface area contributed by atoms with Gasteiger partial charge in [-0.2, -0.15) is 0 Å². The molecule has 0 heterocycles. The molecule has 0 fully saturated rings. The Morgan fingerprint density at radius 1 is 1.05 bits per heavy atom. The molecule has 6 heteroatoms. The molecule has 2 aromatic carbocycles. The van der Waals surface area contributed by atoms with Crippen LogP contribution >= 0.6 is 0 Å². The van der Waals surface area contributed by atoms with Crippen LogP contribution in [0, 0.1) is 13.8 Å². The molecule has 0 aromatic heterocycles. The van der Waals surface area contributed by atoms with Crippen LogP contribution in [-0.2, 0) is 10.0 Å². The Kier molecular flexibility index (Phi) is 4.11. The van der Waals surface area contributed by atoms with Gasteiger partial charge in [0.25, 0.3) is 5.91 Å². The number of hydrogen-bond acceptors (Lipinski definition) is 3. The van der Waals surface area contributed by atoms with Crippen molar-refractivity contribution in [2.75, 3.05) is 5.32 Å². The monoisotopic (exact) mass is 304 g/mol. The lowest BCUT2D eigenvalue weighted by atomic mass is 10.1. The van der Waals surface area contributed by atoms with E-state index in [4.69, 9.17) is 5.14 Å². The van der Waals surface area contributed by atoms with Crippen molar-refractivity contribution in [3.05, 3.63) is 59.2 Å². The van der Waals surface area contributed by atoms with Crippen LogP contribution in [0.25, 0.3) is 0 Å². The largest absolute Gasteiger partial charge is 0.322 e. The van der Waals surface area contributed by atoms with Crippen LogP contribution < -0.4 is 10.5 Å². The normalized spacial score (nSPS) is 11.2. The molecule has 0 atom stereocenters. The van der Waals surface area contributed by atoms with E-state index in [9.17, 15) is 13.2 Å². The Labute approximate surface area is 123 Å². The summed E-state index contributed by atoms with van der Waals surface area (Å²) < 4.78 is 23.0. The molecule has 0 saturated heterocycles. The molecule has 3 N–H and O–H groups in total. The van der Waals surface area contributed by atoms with Gasteiger partial charge < -0.3 is 5.32 Å². The molecule has 0 unspecified atom stereocenters. The van der Waals surface area contributed by atoms with E-state index >= 15 is 0 Å². The zero-order valence-corrected chi connectivity index (χ0v) is 12.6. The van der Waals surface area contributed by atoms with Crippen LogP contribution in [0.4, 0.5) is 5.69 Å². The summed E-state index contributed by atoms with van der Waals surface area (Å²) in [4.78, 5) is 12.3. The van der Waals surface area contributed by atoms with Gasteiger partial charge >= 0.3 is 0 Å². The highest BCUT2D eigenvalue weighted by Gasteiger charge is 2.16. The quantitative estimate of drug-likeness (QED) is 0.911. The van der Waals surface area contributed by atoms with Crippen LogP contribution in [0.3, 0.4) is 0 Å². The molecule has 2 aromatic rings. The number of aryl methyl sites for hydroxylation is 1. The van der Waals surface area contributed by atoms with E-state index in [1.807, 2.05) is 19.1 Å². The Hall–Kier alpha value is -2.18.